The first-order chi connectivity index (χ1) is 6.33. The molecule has 1 fully saturated rings. The van der Waals surface area contributed by atoms with E-state index in [9.17, 15) is 0 Å². The Balaban J connectivity index is 0. The molecule has 0 heterocycles. The summed E-state index contributed by atoms with van der Waals surface area (Å²) >= 11 is 0. The molecule has 0 unspecified atom stereocenters. The number of hydrogen-bond donors (Lipinski definition) is 0. The van der Waals surface area contributed by atoms with Crippen molar-refractivity contribution in [2.75, 3.05) is 7.11 Å². The van der Waals surface area contributed by atoms with E-state index < -0.39 is 0 Å². The van der Waals surface area contributed by atoms with Crippen molar-refractivity contribution < 1.29 is 4.74 Å². The fourth-order valence-corrected chi connectivity index (χ4v) is 1.47. The molecule has 0 aromatic carbocycles. The van der Waals surface area contributed by atoms with Gasteiger partial charge in [-0.05, 0) is 31.6 Å². The minimum Gasteiger partial charge on any atom is -0.381 e. The van der Waals surface area contributed by atoms with Gasteiger partial charge in [0, 0.05) is 7.11 Å². The minimum atomic E-state index is 0.571. The van der Waals surface area contributed by atoms with Crippen LogP contribution in [0.2, 0.25) is 0 Å². The van der Waals surface area contributed by atoms with E-state index in [4.69, 9.17) is 4.74 Å². The Kier molecular flexibility index (Phi) is 14.2. The molecule has 0 atom stereocenters. The number of methoxy groups -OCH3 is 1. The molecule has 1 aliphatic rings. The standard InChI is InChI=1S/C8H16O.2C2H6/c1-7-3-5-8(9-2)6-4-7;2*1-2/h7-8H,3-6H2,1-2H3;2*1-2H3. The van der Waals surface area contributed by atoms with Crippen LogP contribution in [0.1, 0.15) is 60.3 Å². The van der Waals surface area contributed by atoms with Gasteiger partial charge in [-0.25, -0.2) is 0 Å². The number of hydrogen-bond acceptors (Lipinski definition) is 1. The summed E-state index contributed by atoms with van der Waals surface area (Å²) in [7, 11) is 1.82. The lowest BCUT2D eigenvalue weighted by Gasteiger charge is -2.24. The lowest BCUT2D eigenvalue weighted by atomic mass is 9.89. The van der Waals surface area contributed by atoms with Gasteiger partial charge >= 0.3 is 0 Å². The van der Waals surface area contributed by atoms with Crippen molar-refractivity contribution in [1.82, 2.24) is 0 Å². The summed E-state index contributed by atoms with van der Waals surface area (Å²) < 4.78 is 5.24. The van der Waals surface area contributed by atoms with Gasteiger partial charge in [-0.3, -0.25) is 0 Å². The average Bonchev–Trinajstić information content (AvgIpc) is 2.25. The highest BCUT2D eigenvalue weighted by molar-refractivity contribution is 4.68. The summed E-state index contributed by atoms with van der Waals surface area (Å²) in [5.74, 6) is 0.941. The molecule has 0 spiro atoms. The molecule has 0 aromatic rings. The van der Waals surface area contributed by atoms with Crippen molar-refractivity contribution in [2.45, 2.75) is 66.4 Å². The third kappa shape index (κ3) is 8.29. The van der Waals surface area contributed by atoms with Crippen LogP contribution in [0.25, 0.3) is 0 Å². The molecule has 0 N–H and O–H groups in total. The van der Waals surface area contributed by atoms with Crippen LogP contribution in [0, 0.1) is 5.92 Å². The van der Waals surface area contributed by atoms with Gasteiger partial charge in [-0.15, -0.1) is 0 Å². The second-order valence-electron chi connectivity index (χ2n) is 3.12. The topological polar surface area (TPSA) is 9.23 Å². The van der Waals surface area contributed by atoms with Crippen molar-refractivity contribution >= 4 is 0 Å². The largest absolute Gasteiger partial charge is 0.381 e. The van der Waals surface area contributed by atoms with E-state index in [-0.39, 0.29) is 0 Å². The van der Waals surface area contributed by atoms with Crippen LogP contribution in [0.15, 0.2) is 0 Å². The van der Waals surface area contributed by atoms with Crippen LogP contribution in [-0.4, -0.2) is 13.2 Å². The first-order valence-electron chi connectivity index (χ1n) is 5.85. The molecule has 1 saturated carbocycles. The molecule has 1 aliphatic carbocycles. The Morgan fingerprint density at radius 2 is 1.23 bits per heavy atom. The van der Waals surface area contributed by atoms with E-state index in [1.54, 1.807) is 0 Å². The molecule has 1 heteroatoms. The Hall–Kier alpha value is -0.0400. The zero-order valence-electron chi connectivity index (χ0n) is 10.4. The van der Waals surface area contributed by atoms with E-state index in [2.05, 4.69) is 6.92 Å². The second kappa shape index (κ2) is 12.0. The third-order valence-electron chi connectivity index (χ3n) is 2.30. The van der Waals surface area contributed by atoms with Gasteiger partial charge in [0.05, 0.1) is 6.10 Å². The van der Waals surface area contributed by atoms with Gasteiger partial charge < -0.3 is 4.74 Å². The van der Waals surface area contributed by atoms with E-state index in [1.807, 2.05) is 34.8 Å². The molecule has 0 amide bonds. The molecule has 0 aliphatic heterocycles. The Labute approximate surface area is 84.9 Å². The monoisotopic (exact) mass is 188 g/mol. The van der Waals surface area contributed by atoms with Crippen molar-refractivity contribution in [3.8, 4) is 0 Å². The molecule has 0 radical (unpaired) electrons. The SMILES string of the molecule is CC.CC.COC1CCC(C)CC1. The quantitative estimate of drug-likeness (QED) is 0.597. The fraction of sp³-hybridized carbons (Fsp3) is 1.00. The van der Waals surface area contributed by atoms with Gasteiger partial charge in [-0.1, -0.05) is 34.6 Å². The lowest BCUT2D eigenvalue weighted by molar-refractivity contribution is 0.0593. The van der Waals surface area contributed by atoms with E-state index >= 15 is 0 Å². The highest BCUT2D eigenvalue weighted by Gasteiger charge is 2.16. The van der Waals surface area contributed by atoms with Crippen LogP contribution >= 0.6 is 0 Å². The lowest BCUT2D eigenvalue weighted by Crippen LogP contribution is -2.18. The van der Waals surface area contributed by atoms with E-state index in [1.165, 1.54) is 25.7 Å². The summed E-state index contributed by atoms with van der Waals surface area (Å²) in [5, 5.41) is 0. The van der Waals surface area contributed by atoms with Gasteiger partial charge in [0.2, 0.25) is 0 Å². The van der Waals surface area contributed by atoms with Gasteiger partial charge in [-0.2, -0.15) is 0 Å². The smallest absolute Gasteiger partial charge is 0.0571 e. The van der Waals surface area contributed by atoms with Crippen molar-refractivity contribution in [3.05, 3.63) is 0 Å². The van der Waals surface area contributed by atoms with Crippen molar-refractivity contribution in [1.29, 1.82) is 0 Å². The maximum Gasteiger partial charge on any atom is 0.0571 e. The average molecular weight is 188 g/mol. The number of rotatable bonds is 1. The third-order valence-corrected chi connectivity index (χ3v) is 2.30. The molecule has 13 heavy (non-hydrogen) atoms. The molecule has 1 rings (SSSR count). The summed E-state index contributed by atoms with van der Waals surface area (Å²) in [4.78, 5) is 0. The molecular weight excluding hydrogens is 160 g/mol. The molecule has 0 saturated heterocycles. The Bertz CT molecular complexity index is 73.2. The molecule has 0 bridgehead atoms. The summed E-state index contributed by atoms with van der Waals surface area (Å²) in [6, 6.07) is 0. The van der Waals surface area contributed by atoms with E-state index in [0.717, 1.165) is 5.92 Å². The highest BCUT2D eigenvalue weighted by Crippen LogP contribution is 2.24. The normalized spacial score (nSPS) is 26.3. The Morgan fingerprint density at radius 1 is 0.846 bits per heavy atom. The first kappa shape index (κ1) is 15.4. The molecule has 82 valence electrons. The molecular formula is C12H28O. The zero-order chi connectivity index (χ0) is 10.7. The van der Waals surface area contributed by atoms with Crippen molar-refractivity contribution in [2.24, 2.45) is 5.92 Å². The summed E-state index contributed by atoms with van der Waals surface area (Å²) in [6.07, 6.45) is 5.84. The minimum absolute atomic E-state index is 0.571. The van der Waals surface area contributed by atoms with E-state index in [0.29, 0.717) is 6.10 Å². The van der Waals surface area contributed by atoms with Crippen LogP contribution in [-0.2, 0) is 4.74 Å². The zero-order valence-corrected chi connectivity index (χ0v) is 10.4. The predicted octanol–water partition coefficient (Wildman–Crippen LogP) is 4.26. The van der Waals surface area contributed by atoms with Crippen LogP contribution in [0.4, 0.5) is 0 Å². The second-order valence-corrected chi connectivity index (χ2v) is 3.12. The maximum atomic E-state index is 5.24. The van der Waals surface area contributed by atoms with Crippen LogP contribution in [0.5, 0.6) is 0 Å². The first-order valence-corrected chi connectivity index (χ1v) is 5.85. The fourth-order valence-electron chi connectivity index (χ4n) is 1.47. The molecule has 1 nitrogen and oxygen atoms in total. The highest BCUT2D eigenvalue weighted by atomic mass is 16.5. The van der Waals surface area contributed by atoms with Gasteiger partial charge in [0.15, 0.2) is 0 Å². The number of ether oxygens (including phenoxy) is 1. The maximum absolute atomic E-state index is 5.24. The summed E-state index contributed by atoms with van der Waals surface area (Å²) in [6.45, 7) is 10.3. The van der Waals surface area contributed by atoms with Crippen molar-refractivity contribution in [3.63, 3.8) is 0 Å². The molecule has 0 aromatic heterocycles. The van der Waals surface area contributed by atoms with Gasteiger partial charge in [0.25, 0.3) is 0 Å². The predicted molar refractivity (Wildman–Crippen MR) is 61.1 cm³/mol. The Morgan fingerprint density at radius 3 is 1.54 bits per heavy atom. The summed E-state index contributed by atoms with van der Waals surface area (Å²) in [5.41, 5.74) is 0. The van der Waals surface area contributed by atoms with Gasteiger partial charge in [0.1, 0.15) is 0 Å². The van der Waals surface area contributed by atoms with Crippen LogP contribution in [0.3, 0.4) is 0 Å². The van der Waals surface area contributed by atoms with Crippen LogP contribution < -0.4 is 0 Å².